The van der Waals surface area contributed by atoms with Crippen LogP contribution in [-0.2, 0) is 4.79 Å². The molecule has 0 aromatic heterocycles. The average Bonchev–Trinajstić information content (AvgIpc) is 2.47. The number of halogens is 1. The maximum Gasteiger partial charge on any atom is 0.271 e. The molecule has 1 aromatic rings. The topological polar surface area (TPSA) is 72.2 Å². The van der Waals surface area contributed by atoms with E-state index in [9.17, 15) is 19.3 Å². The van der Waals surface area contributed by atoms with Gasteiger partial charge in [-0.1, -0.05) is 0 Å². The summed E-state index contributed by atoms with van der Waals surface area (Å²) in [6.45, 7) is 0. The van der Waals surface area contributed by atoms with Crippen molar-refractivity contribution < 1.29 is 14.1 Å². The number of rotatable bonds is 4. The summed E-state index contributed by atoms with van der Waals surface area (Å²) in [6, 6.07) is 3.22. The van der Waals surface area contributed by atoms with Gasteiger partial charge in [0.1, 0.15) is 5.82 Å². The summed E-state index contributed by atoms with van der Waals surface area (Å²) >= 11 is 0. The molecule has 4 fully saturated rings. The summed E-state index contributed by atoms with van der Waals surface area (Å²) in [5, 5.41) is 13.4. The van der Waals surface area contributed by atoms with Crippen molar-refractivity contribution in [1.29, 1.82) is 0 Å². The normalized spacial score (nSPS) is 33.5. The second-order valence-electron chi connectivity index (χ2n) is 8.06. The zero-order valence-corrected chi connectivity index (χ0v) is 13.5. The van der Waals surface area contributed by atoms with Crippen LogP contribution in [0.15, 0.2) is 18.2 Å². The molecule has 0 atom stereocenters. The molecule has 1 amide bonds. The predicted molar refractivity (Wildman–Crippen MR) is 86.9 cm³/mol. The Morgan fingerprint density at radius 2 is 1.79 bits per heavy atom. The van der Waals surface area contributed by atoms with Gasteiger partial charge >= 0.3 is 0 Å². The Hall–Kier alpha value is -1.98. The molecule has 0 aliphatic heterocycles. The first-order chi connectivity index (χ1) is 11.4. The van der Waals surface area contributed by atoms with Crippen molar-refractivity contribution in [3.8, 4) is 0 Å². The first kappa shape index (κ1) is 15.5. The van der Waals surface area contributed by atoms with Crippen LogP contribution in [0.2, 0.25) is 0 Å². The van der Waals surface area contributed by atoms with E-state index in [0.717, 1.165) is 55.2 Å². The van der Waals surface area contributed by atoms with E-state index in [4.69, 9.17) is 0 Å². The van der Waals surface area contributed by atoms with Crippen molar-refractivity contribution in [3.05, 3.63) is 34.1 Å². The molecular weight excluding hydrogens is 311 g/mol. The van der Waals surface area contributed by atoms with Gasteiger partial charge in [0.2, 0.25) is 5.91 Å². The molecule has 24 heavy (non-hydrogen) atoms. The number of hydrogen-bond donors (Lipinski definition) is 1. The van der Waals surface area contributed by atoms with Gasteiger partial charge in [-0.3, -0.25) is 14.9 Å². The van der Waals surface area contributed by atoms with Crippen LogP contribution < -0.4 is 5.32 Å². The van der Waals surface area contributed by atoms with Gasteiger partial charge in [-0.05, 0) is 67.8 Å². The number of nitro groups is 1. The Kier molecular flexibility index (Phi) is 3.58. The Morgan fingerprint density at radius 1 is 1.21 bits per heavy atom. The Bertz CT molecular complexity index is 668. The minimum absolute atomic E-state index is 0.0655. The zero-order valence-electron chi connectivity index (χ0n) is 13.5. The molecule has 5 rings (SSSR count). The van der Waals surface area contributed by atoms with Crippen LogP contribution in [0, 0.1) is 39.1 Å². The molecule has 1 N–H and O–H groups in total. The number of carbonyl (C=O) groups is 1. The zero-order chi connectivity index (χ0) is 16.9. The molecule has 6 heteroatoms. The highest BCUT2D eigenvalue weighted by atomic mass is 19.1. The predicted octanol–water partition coefficient (Wildman–Crippen LogP) is 4.28. The number of anilines is 1. The number of benzene rings is 1. The van der Waals surface area contributed by atoms with Gasteiger partial charge < -0.3 is 5.32 Å². The van der Waals surface area contributed by atoms with Crippen LogP contribution in [0.4, 0.5) is 15.8 Å². The Labute approximate surface area is 139 Å². The van der Waals surface area contributed by atoms with Gasteiger partial charge in [-0.15, -0.1) is 0 Å². The van der Waals surface area contributed by atoms with Gasteiger partial charge in [0.15, 0.2) is 0 Å². The molecule has 0 spiro atoms. The molecule has 0 radical (unpaired) electrons. The van der Waals surface area contributed by atoms with Gasteiger partial charge in [-0.2, -0.15) is 0 Å². The summed E-state index contributed by atoms with van der Waals surface area (Å²) in [4.78, 5) is 22.7. The quantitative estimate of drug-likeness (QED) is 0.661. The average molecular weight is 332 g/mol. The summed E-state index contributed by atoms with van der Waals surface area (Å²) in [5.74, 6) is 1.38. The summed E-state index contributed by atoms with van der Waals surface area (Å²) in [6.07, 6.45) is 7.62. The molecule has 0 heterocycles. The first-order valence-electron chi connectivity index (χ1n) is 8.66. The van der Waals surface area contributed by atoms with Gasteiger partial charge in [0, 0.05) is 18.6 Å². The fourth-order valence-electron chi connectivity index (χ4n) is 5.76. The Morgan fingerprint density at radius 3 is 2.33 bits per heavy atom. The molecule has 1 aromatic carbocycles. The molecule has 5 nitrogen and oxygen atoms in total. The van der Waals surface area contributed by atoms with E-state index in [1.807, 2.05) is 0 Å². The van der Waals surface area contributed by atoms with E-state index in [2.05, 4.69) is 5.32 Å². The number of nitro benzene ring substituents is 1. The lowest BCUT2D eigenvalue weighted by Gasteiger charge is -2.56. The lowest BCUT2D eigenvalue weighted by atomic mass is 9.49. The highest BCUT2D eigenvalue weighted by Gasteiger charge is 2.51. The molecule has 4 saturated carbocycles. The third kappa shape index (κ3) is 2.78. The fourth-order valence-corrected chi connectivity index (χ4v) is 5.76. The number of non-ortho nitro benzene ring substituents is 1. The number of carbonyl (C=O) groups excluding carboxylic acids is 1. The number of nitrogens with one attached hydrogen (secondary N) is 1. The fraction of sp³-hybridized carbons (Fsp3) is 0.611. The summed E-state index contributed by atoms with van der Waals surface area (Å²) in [5.41, 5.74) is -0.254. The van der Waals surface area contributed by atoms with E-state index in [1.165, 1.54) is 19.3 Å². The molecule has 4 bridgehead atoms. The van der Waals surface area contributed by atoms with E-state index in [0.29, 0.717) is 6.42 Å². The maximum atomic E-state index is 13.9. The highest BCUT2D eigenvalue weighted by Crippen LogP contribution is 2.61. The third-order valence-corrected chi connectivity index (χ3v) is 6.14. The molecule has 4 aliphatic rings. The highest BCUT2D eigenvalue weighted by molar-refractivity contribution is 5.91. The van der Waals surface area contributed by atoms with E-state index >= 15 is 0 Å². The van der Waals surface area contributed by atoms with Gasteiger partial charge in [0.05, 0.1) is 10.6 Å². The van der Waals surface area contributed by atoms with Crippen LogP contribution >= 0.6 is 0 Å². The number of hydrogen-bond acceptors (Lipinski definition) is 3. The molecule has 0 saturated heterocycles. The van der Waals surface area contributed by atoms with Crippen molar-refractivity contribution in [1.82, 2.24) is 0 Å². The second-order valence-corrected chi connectivity index (χ2v) is 8.06. The van der Waals surface area contributed by atoms with Crippen LogP contribution in [0.25, 0.3) is 0 Å². The lowest BCUT2D eigenvalue weighted by Crippen LogP contribution is -2.47. The number of nitrogens with zero attached hydrogens (tertiary/aromatic N) is 1. The van der Waals surface area contributed by atoms with Crippen molar-refractivity contribution in [2.75, 3.05) is 5.32 Å². The Balaban J connectivity index is 1.48. The van der Waals surface area contributed by atoms with Crippen LogP contribution in [0.3, 0.4) is 0 Å². The van der Waals surface area contributed by atoms with Crippen LogP contribution in [-0.4, -0.2) is 10.8 Å². The number of amides is 1. The van der Waals surface area contributed by atoms with Crippen molar-refractivity contribution in [3.63, 3.8) is 0 Å². The van der Waals surface area contributed by atoms with Crippen molar-refractivity contribution in [2.45, 2.75) is 44.9 Å². The lowest BCUT2D eigenvalue weighted by molar-refractivity contribution is -0.384. The standard InChI is InChI=1S/C18H21FN2O3/c19-15-2-1-14(21(23)24)6-16(15)20-17(22)10-18-7-11-3-12(8-18)5-13(4-11)9-18/h1-2,6,11-13H,3-5,7-10H2,(H,20,22). The largest absolute Gasteiger partial charge is 0.323 e. The van der Waals surface area contributed by atoms with E-state index in [1.54, 1.807) is 0 Å². The van der Waals surface area contributed by atoms with E-state index < -0.39 is 10.7 Å². The van der Waals surface area contributed by atoms with Gasteiger partial charge in [0.25, 0.3) is 5.69 Å². The molecule has 4 aliphatic carbocycles. The summed E-state index contributed by atoms with van der Waals surface area (Å²) < 4.78 is 13.9. The van der Waals surface area contributed by atoms with Crippen molar-refractivity contribution >= 4 is 17.3 Å². The van der Waals surface area contributed by atoms with Crippen molar-refractivity contribution in [2.24, 2.45) is 23.2 Å². The molecule has 0 unspecified atom stereocenters. The molecule has 128 valence electrons. The maximum absolute atomic E-state index is 13.9. The third-order valence-electron chi connectivity index (χ3n) is 6.14. The van der Waals surface area contributed by atoms with Crippen LogP contribution in [0.1, 0.15) is 44.9 Å². The second kappa shape index (κ2) is 5.53. The van der Waals surface area contributed by atoms with Gasteiger partial charge in [-0.25, -0.2) is 4.39 Å². The van der Waals surface area contributed by atoms with Crippen LogP contribution in [0.5, 0.6) is 0 Å². The van der Waals surface area contributed by atoms with E-state index in [-0.39, 0.29) is 22.7 Å². The smallest absolute Gasteiger partial charge is 0.271 e. The first-order valence-corrected chi connectivity index (χ1v) is 8.66. The molecular formula is C18H21FN2O3. The minimum Gasteiger partial charge on any atom is -0.323 e. The monoisotopic (exact) mass is 332 g/mol. The summed E-state index contributed by atoms with van der Waals surface area (Å²) in [7, 11) is 0. The SMILES string of the molecule is O=C(CC12CC3CC(CC(C3)C1)C2)Nc1cc([N+](=O)[O-])ccc1F. The minimum atomic E-state index is -0.639.